The first-order valence-electron chi connectivity index (χ1n) is 7.03. The van der Waals surface area contributed by atoms with Crippen LogP contribution in [0.4, 0.5) is 0 Å². The summed E-state index contributed by atoms with van der Waals surface area (Å²) < 4.78 is 0. The molecular weight excluding hydrogens is 196 g/mol. The lowest BCUT2D eigenvalue weighted by atomic mass is 9.64. The molecule has 0 aliphatic heterocycles. The van der Waals surface area contributed by atoms with Crippen LogP contribution in [0.5, 0.6) is 0 Å². The van der Waals surface area contributed by atoms with E-state index in [1.54, 1.807) is 0 Å². The fourth-order valence-corrected chi connectivity index (χ4v) is 5.88. The lowest BCUT2D eigenvalue weighted by Crippen LogP contribution is -2.44. The van der Waals surface area contributed by atoms with Crippen molar-refractivity contribution in [1.29, 1.82) is 0 Å². The fraction of sp³-hybridized carbons (Fsp3) is 1.00. The van der Waals surface area contributed by atoms with E-state index >= 15 is 0 Å². The second kappa shape index (κ2) is 2.85. The molecule has 0 aromatic heterocycles. The Bertz CT molecular complexity index is 313. The van der Waals surface area contributed by atoms with Gasteiger partial charge in [0.25, 0.3) is 0 Å². The number of hydrogen-bond acceptors (Lipinski definition) is 1. The van der Waals surface area contributed by atoms with Gasteiger partial charge in [-0.25, -0.2) is 0 Å². The molecule has 0 unspecified atom stereocenters. The Balaban J connectivity index is 2.07. The Morgan fingerprint density at radius 2 is 1.69 bits per heavy atom. The fourth-order valence-electron chi connectivity index (χ4n) is 5.88. The van der Waals surface area contributed by atoms with Crippen LogP contribution in [0.2, 0.25) is 0 Å². The molecule has 0 heterocycles. The van der Waals surface area contributed by atoms with Crippen molar-refractivity contribution in [3.05, 3.63) is 0 Å². The number of rotatable bonds is 0. The molecule has 3 aliphatic rings. The van der Waals surface area contributed by atoms with Crippen LogP contribution in [0.15, 0.2) is 0 Å². The summed E-state index contributed by atoms with van der Waals surface area (Å²) in [5, 5.41) is 10.6. The molecule has 0 aromatic carbocycles. The predicted octanol–water partition coefficient (Wildman–Crippen LogP) is 3.61. The van der Waals surface area contributed by atoms with Crippen LogP contribution in [0, 0.1) is 28.6 Å². The van der Waals surface area contributed by atoms with Crippen molar-refractivity contribution in [1.82, 2.24) is 0 Å². The minimum absolute atomic E-state index is 0.352. The van der Waals surface area contributed by atoms with Crippen molar-refractivity contribution in [2.24, 2.45) is 28.6 Å². The Labute approximate surface area is 99.6 Å². The molecule has 0 aromatic rings. The van der Waals surface area contributed by atoms with E-state index in [4.69, 9.17) is 0 Å². The smallest absolute Gasteiger partial charge is 0.0653 e. The average Bonchev–Trinajstić information content (AvgIpc) is 2.58. The molecule has 1 spiro atoms. The van der Waals surface area contributed by atoms with Gasteiger partial charge < -0.3 is 5.11 Å². The molecule has 1 nitrogen and oxygen atoms in total. The van der Waals surface area contributed by atoms with Gasteiger partial charge in [0.2, 0.25) is 0 Å². The van der Waals surface area contributed by atoms with E-state index in [-0.39, 0.29) is 0 Å². The van der Waals surface area contributed by atoms with Crippen molar-refractivity contribution < 1.29 is 5.11 Å². The summed E-state index contributed by atoms with van der Waals surface area (Å²) in [5.74, 6) is 2.29. The normalized spacial score (nSPS) is 58.7. The van der Waals surface area contributed by atoms with Gasteiger partial charge in [0.1, 0.15) is 0 Å². The molecule has 3 rings (SSSR count). The van der Waals surface area contributed by atoms with Crippen molar-refractivity contribution >= 4 is 0 Å². The van der Waals surface area contributed by atoms with Crippen LogP contribution >= 0.6 is 0 Å². The molecule has 5 atom stereocenters. The minimum Gasteiger partial charge on any atom is -0.390 e. The van der Waals surface area contributed by atoms with Gasteiger partial charge in [-0.05, 0) is 67.6 Å². The van der Waals surface area contributed by atoms with Crippen LogP contribution in [0.25, 0.3) is 0 Å². The van der Waals surface area contributed by atoms with E-state index in [2.05, 4.69) is 27.7 Å². The largest absolute Gasteiger partial charge is 0.390 e. The topological polar surface area (TPSA) is 20.2 Å². The molecule has 0 radical (unpaired) electrons. The van der Waals surface area contributed by atoms with E-state index < -0.39 is 5.60 Å². The maximum absolute atomic E-state index is 10.6. The van der Waals surface area contributed by atoms with E-state index in [1.807, 2.05) is 0 Å². The quantitative estimate of drug-likeness (QED) is 0.664. The van der Waals surface area contributed by atoms with Crippen molar-refractivity contribution in [2.45, 2.75) is 65.4 Å². The van der Waals surface area contributed by atoms with Crippen LogP contribution in [0.3, 0.4) is 0 Å². The first-order valence-corrected chi connectivity index (χ1v) is 7.03. The zero-order valence-corrected chi connectivity index (χ0v) is 11.2. The molecule has 2 bridgehead atoms. The zero-order chi connectivity index (χ0) is 11.8. The number of hydrogen-bond donors (Lipinski definition) is 1. The predicted molar refractivity (Wildman–Crippen MR) is 66.1 cm³/mol. The summed E-state index contributed by atoms with van der Waals surface area (Å²) >= 11 is 0. The summed E-state index contributed by atoms with van der Waals surface area (Å²) in [7, 11) is 0. The van der Waals surface area contributed by atoms with E-state index in [9.17, 15) is 5.11 Å². The molecule has 92 valence electrons. The molecular formula is C15H26O. The SMILES string of the molecule is C[C@@H]1CC[C@@H]2C(C)(C)[C@H]3C[C@@]12CC[C@]3(C)O. The Kier molecular flexibility index (Phi) is 1.98. The van der Waals surface area contributed by atoms with Gasteiger partial charge in [-0.3, -0.25) is 0 Å². The van der Waals surface area contributed by atoms with Crippen LogP contribution < -0.4 is 0 Å². The Morgan fingerprint density at radius 3 is 2.38 bits per heavy atom. The molecule has 3 fully saturated rings. The third-order valence-electron chi connectivity index (χ3n) is 6.79. The summed E-state index contributed by atoms with van der Waals surface area (Å²) in [6, 6.07) is 0. The second-order valence-electron chi connectivity index (χ2n) is 7.70. The second-order valence-corrected chi connectivity index (χ2v) is 7.70. The highest BCUT2D eigenvalue weighted by Gasteiger charge is 2.67. The Hall–Kier alpha value is -0.0400. The molecule has 0 amide bonds. The van der Waals surface area contributed by atoms with Crippen molar-refractivity contribution in [3.63, 3.8) is 0 Å². The molecule has 0 saturated heterocycles. The van der Waals surface area contributed by atoms with Gasteiger partial charge in [-0.15, -0.1) is 0 Å². The van der Waals surface area contributed by atoms with Crippen molar-refractivity contribution in [3.8, 4) is 0 Å². The lowest BCUT2D eigenvalue weighted by molar-refractivity contribution is -0.0717. The van der Waals surface area contributed by atoms with Gasteiger partial charge in [-0.1, -0.05) is 20.8 Å². The summed E-state index contributed by atoms with van der Waals surface area (Å²) in [6.07, 6.45) is 6.41. The molecule has 3 saturated carbocycles. The minimum atomic E-state index is -0.404. The standard InChI is InChI=1S/C15H26O/c1-10-5-6-11-13(2,3)12-9-15(10,11)8-7-14(12,4)16/h10-12,16H,5-9H2,1-4H3/t10-,11-,12-,14+,15+/m1/s1. The van der Waals surface area contributed by atoms with Crippen LogP contribution in [-0.4, -0.2) is 10.7 Å². The summed E-state index contributed by atoms with van der Waals surface area (Å²) in [6.45, 7) is 9.38. The maximum atomic E-state index is 10.6. The summed E-state index contributed by atoms with van der Waals surface area (Å²) in [4.78, 5) is 0. The van der Waals surface area contributed by atoms with Crippen molar-refractivity contribution in [2.75, 3.05) is 0 Å². The van der Waals surface area contributed by atoms with Gasteiger partial charge >= 0.3 is 0 Å². The average molecular weight is 222 g/mol. The van der Waals surface area contributed by atoms with Gasteiger partial charge in [0.05, 0.1) is 5.60 Å². The Morgan fingerprint density at radius 1 is 1.00 bits per heavy atom. The van der Waals surface area contributed by atoms with Crippen LogP contribution in [0.1, 0.15) is 59.8 Å². The lowest BCUT2D eigenvalue weighted by Gasteiger charge is -2.44. The highest BCUT2D eigenvalue weighted by Crippen LogP contribution is 2.73. The van der Waals surface area contributed by atoms with Gasteiger partial charge in [0, 0.05) is 0 Å². The highest BCUT2D eigenvalue weighted by molar-refractivity contribution is 5.16. The van der Waals surface area contributed by atoms with Gasteiger partial charge in [0.15, 0.2) is 0 Å². The molecule has 1 heteroatoms. The van der Waals surface area contributed by atoms with E-state index in [0.29, 0.717) is 16.7 Å². The highest BCUT2D eigenvalue weighted by atomic mass is 16.3. The van der Waals surface area contributed by atoms with E-state index in [0.717, 1.165) is 18.3 Å². The third kappa shape index (κ3) is 1.06. The monoisotopic (exact) mass is 222 g/mol. The van der Waals surface area contributed by atoms with Gasteiger partial charge in [-0.2, -0.15) is 0 Å². The molecule has 16 heavy (non-hydrogen) atoms. The maximum Gasteiger partial charge on any atom is 0.0653 e. The number of fused-ring (bicyclic) bond motifs is 1. The third-order valence-corrected chi connectivity index (χ3v) is 6.79. The zero-order valence-electron chi connectivity index (χ0n) is 11.2. The molecule has 1 N–H and O–H groups in total. The summed E-state index contributed by atoms with van der Waals surface area (Å²) in [5.41, 5.74) is 0.542. The molecule has 3 aliphatic carbocycles. The van der Waals surface area contributed by atoms with E-state index in [1.165, 1.54) is 25.7 Å². The first kappa shape index (κ1) is 11.1. The van der Waals surface area contributed by atoms with Crippen LogP contribution in [-0.2, 0) is 0 Å². The first-order chi connectivity index (χ1) is 7.31. The number of aliphatic hydroxyl groups is 1.